The number of carbonyl (C=O) groups excluding carboxylic acids is 2. The summed E-state index contributed by atoms with van der Waals surface area (Å²) in [6, 6.07) is 15.0. The molecule has 0 aromatic heterocycles. The lowest BCUT2D eigenvalue weighted by atomic mass is 9.75. The largest absolute Gasteiger partial charge is 0.497 e. The molecule has 4 heteroatoms. The quantitative estimate of drug-likeness (QED) is 0.627. The summed E-state index contributed by atoms with van der Waals surface area (Å²) in [6.45, 7) is 1.99. The average Bonchev–Trinajstić information content (AvgIpc) is 2.88. The van der Waals surface area contributed by atoms with Crippen LogP contribution >= 0.6 is 0 Å². The highest BCUT2D eigenvalue weighted by Gasteiger charge is 2.53. The van der Waals surface area contributed by atoms with E-state index in [4.69, 9.17) is 9.47 Å². The molecule has 1 aliphatic carbocycles. The average molecular weight is 324 g/mol. The molecule has 124 valence electrons. The van der Waals surface area contributed by atoms with E-state index in [1.54, 1.807) is 20.1 Å². The number of hydrogen-bond acceptors (Lipinski definition) is 4. The highest BCUT2D eigenvalue weighted by Crippen LogP contribution is 2.42. The molecular weight excluding hydrogens is 304 g/mol. The van der Waals surface area contributed by atoms with Gasteiger partial charge in [-0.1, -0.05) is 36.4 Å². The van der Waals surface area contributed by atoms with Gasteiger partial charge in [-0.3, -0.25) is 9.59 Å². The van der Waals surface area contributed by atoms with E-state index in [0.29, 0.717) is 17.7 Å². The van der Waals surface area contributed by atoms with Crippen molar-refractivity contribution < 1.29 is 19.1 Å². The molecule has 2 aromatic rings. The van der Waals surface area contributed by atoms with Gasteiger partial charge in [0.15, 0.2) is 11.2 Å². The fourth-order valence-electron chi connectivity index (χ4n) is 3.35. The third kappa shape index (κ3) is 2.58. The van der Waals surface area contributed by atoms with Crippen LogP contribution in [0.4, 0.5) is 0 Å². The second kappa shape index (κ2) is 6.48. The first-order valence-electron chi connectivity index (χ1n) is 8.03. The van der Waals surface area contributed by atoms with E-state index in [0.717, 1.165) is 11.1 Å². The minimum absolute atomic E-state index is 0.118. The molecule has 0 spiro atoms. The van der Waals surface area contributed by atoms with Gasteiger partial charge in [0, 0.05) is 6.42 Å². The Morgan fingerprint density at radius 2 is 1.92 bits per heavy atom. The summed E-state index contributed by atoms with van der Waals surface area (Å²) in [6.07, 6.45) is 0.538. The number of benzene rings is 2. The molecule has 0 fully saturated rings. The number of ketones is 1. The summed E-state index contributed by atoms with van der Waals surface area (Å²) in [5.74, 6) is 0.0316. The lowest BCUT2D eigenvalue weighted by Gasteiger charge is -2.27. The molecule has 0 bridgehead atoms. The number of ether oxygens (including phenoxy) is 2. The summed E-state index contributed by atoms with van der Waals surface area (Å²) in [5, 5.41) is 0. The van der Waals surface area contributed by atoms with Crippen LogP contribution in [0.3, 0.4) is 0 Å². The fourth-order valence-corrected chi connectivity index (χ4v) is 3.35. The van der Waals surface area contributed by atoms with Crippen molar-refractivity contribution in [3.63, 3.8) is 0 Å². The van der Waals surface area contributed by atoms with Gasteiger partial charge in [0.25, 0.3) is 0 Å². The van der Waals surface area contributed by atoms with Crippen LogP contribution in [0.15, 0.2) is 48.5 Å². The van der Waals surface area contributed by atoms with Gasteiger partial charge in [-0.05, 0) is 42.2 Å². The number of esters is 1. The molecule has 0 amide bonds. The van der Waals surface area contributed by atoms with Crippen molar-refractivity contribution >= 4 is 11.8 Å². The van der Waals surface area contributed by atoms with Crippen molar-refractivity contribution in [2.75, 3.05) is 13.7 Å². The highest BCUT2D eigenvalue weighted by molar-refractivity contribution is 6.14. The minimum atomic E-state index is -1.29. The summed E-state index contributed by atoms with van der Waals surface area (Å²) >= 11 is 0. The number of rotatable bonds is 5. The summed E-state index contributed by atoms with van der Waals surface area (Å²) in [4.78, 5) is 25.8. The molecule has 1 unspecified atom stereocenters. The maximum Gasteiger partial charge on any atom is 0.324 e. The Morgan fingerprint density at radius 3 is 2.58 bits per heavy atom. The Balaban J connectivity index is 2.15. The Kier molecular flexibility index (Phi) is 4.38. The van der Waals surface area contributed by atoms with Gasteiger partial charge in [-0.15, -0.1) is 0 Å². The fraction of sp³-hybridized carbons (Fsp3) is 0.300. The normalized spacial score (nSPS) is 19.0. The Bertz CT molecular complexity index is 766. The Labute approximate surface area is 141 Å². The van der Waals surface area contributed by atoms with Crippen LogP contribution in [-0.2, 0) is 32.6 Å². The third-order valence-electron chi connectivity index (χ3n) is 4.54. The molecule has 24 heavy (non-hydrogen) atoms. The van der Waals surface area contributed by atoms with Crippen LogP contribution in [0.5, 0.6) is 5.75 Å². The zero-order valence-corrected chi connectivity index (χ0v) is 13.9. The zero-order chi connectivity index (χ0) is 17.2. The molecule has 0 heterocycles. The van der Waals surface area contributed by atoms with Gasteiger partial charge in [0.2, 0.25) is 0 Å². The van der Waals surface area contributed by atoms with E-state index in [9.17, 15) is 9.59 Å². The second-order valence-corrected chi connectivity index (χ2v) is 5.91. The van der Waals surface area contributed by atoms with E-state index in [1.165, 1.54) is 0 Å². The maximum absolute atomic E-state index is 12.9. The Morgan fingerprint density at radius 1 is 1.17 bits per heavy atom. The minimum Gasteiger partial charge on any atom is -0.497 e. The summed E-state index contributed by atoms with van der Waals surface area (Å²) < 4.78 is 10.6. The van der Waals surface area contributed by atoms with Crippen LogP contribution < -0.4 is 4.74 Å². The smallest absolute Gasteiger partial charge is 0.324 e. The van der Waals surface area contributed by atoms with Crippen LogP contribution in [0, 0.1) is 0 Å². The molecule has 4 nitrogen and oxygen atoms in total. The monoisotopic (exact) mass is 324 g/mol. The van der Waals surface area contributed by atoms with E-state index >= 15 is 0 Å². The van der Waals surface area contributed by atoms with Gasteiger partial charge in [-0.2, -0.15) is 0 Å². The van der Waals surface area contributed by atoms with Crippen molar-refractivity contribution in [1.82, 2.24) is 0 Å². The number of Topliss-reactive ketones (excluding diaryl/α,β-unsaturated/α-hetero) is 1. The second-order valence-electron chi connectivity index (χ2n) is 5.91. The van der Waals surface area contributed by atoms with E-state index < -0.39 is 11.4 Å². The number of hydrogen-bond donors (Lipinski definition) is 0. The summed E-state index contributed by atoms with van der Waals surface area (Å²) in [5.41, 5.74) is 1.20. The van der Waals surface area contributed by atoms with Gasteiger partial charge >= 0.3 is 5.97 Å². The first kappa shape index (κ1) is 16.2. The van der Waals surface area contributed by atoms with Crippen molar-refractivity contribution in [2.24, 2.45) is 0 Å². The number of carbonyl (C=O) groups is 2. The SMILES string of the molecule is CCOC(=O)C1(Cc2ccccc2)C(=O)Cc2ccc(OC)cc21. The maximum atomic E-state index is 12.9. The van der Waals surface area contributed by atoms with Gasteiger partial charge in [-0.25, -0.2) is 0 Å². The van der Waals surface area contributed by atoms with Crippen LogP contribution in [0.1, 0.15) is 23.6 Å². The van der Waals surface area contributed by atoms with Crippen molar-refractivity contribution in [2.45, 2.75) is 25.2 Å². The molecule has 0 aliphatic heterocycles. The topological polar surface area (TPSA) is 52.6 Å². The molecule has 3 rings (SSSR count). The van der Waals surface area contributed by atoms with Crippen molar-refractivity contribution in [3.05, 3.63) is 65.2 Å². The Hall–Kier alpha value is -2.62. The lowest BCUT2D eigenvalue weighted by molar-refractivity contribution is -0.153. The third-order valence-corrected chi connectivity index (χ3v) is 4.54. The first-order valence-corrected chi connectivity index (χ1v) is 8.03. The van der Waals surface area contributed by atoms with Gasteiger partial charge < -0.3 is 9.47 Å². The van der Waals surface area contributed by atoms with E-state index in [2.05, 4.69) is 0 Å². The number of fused-ring (bicyclic) bond motifs is 1. The predicted molar refractivity (Wildman–Crippen MR) is 90.2 cm³/mol. The highest BCUT2D eigenvalue weighted by atomic mass is 16.5. The van der Waals surface area contributed by atoms with E-state index in [1.807, 2.05) is 42.5 Å². The zero-order valence-electron chi connectivity index (χ0n) is 13.9. The molecule has 0 radical (unpaired) electrons. The molecule has 2 aromatic carbocycles. The van der Waals surface area contributed by atoms with Crippen molar-refractivity contribution in [1.29, 1.82) is 0 Å². The van der Waals surface area contributed by atoms with Crippen molar-refractivity contribution in [3.8, 4) is 5.75 Å². The summed E-state index contributed by atoms with van der Waals surface area (Å²) in [7, 11) is 1.57. The first-order chi connectivity index (χ1) is 11.6. The molecule has 0 saturated heterocycles. The van der Waals surface area contributed by atoms with Crippen LogP contribution in [-0.4, -0.2) is 25.5 Å². The van der Waals surface area contributed by atoms with Gasteiger partial charge in [0.05, 0.1) is 13.7 Å². The molecular formula is C20H20O4. The van der Waals surface area contributed by atoms with Crippen LogP contribution in [0.2, 0.25) is 0 Å². The van der Waals surface area contributed by atoms with Crippen LogP contribution in [0.25, 0.3) is 0 Å². The predicted octanol–water partition coefficient (Wildman–Crippen LogP) is 2.86. The standard InChI is InChI=1S/C20H20O4/c1-3-24-19(22)20(13-14-7-5-4-6-8-14)17-12-16(23-2)10-9-15(17)11-18(20)21/h4-10,12H,3,11,13H2,1-2H3. The molecule has 0 saturated carbocycles. The lowest BCUT2D eigenvalue weighted by Crippen LogP contribution is -2.44. The molecule has 1 aliphatic rings. The van der Waals surface area contributed by atoms with E-state index in [-0.39, 0.29) is 18.8 Å². The van der Waals surface area contributed by atoms with Gasteiger partial charge in [0.1, 0.15) is 5.75 Å². The molecule has 1 atom stereocenters. The number of methoxy groups -OCH3 is 1. The molecule has 0 N–H and O–H groups in total.